The van der Waals surface area contributed by atoms with E-state index < -0.39 is 35.9 Å². The second-order valence-corrected chi connectivity index (χ2v) is 7.67. The van der Waals surface area contributed by atoms with Crippen molar-refractivity contribution >= 4 is 23.7 Å². The molecule has 34 heavy (non-hydrogen) atoms. The minimum Gasteiger partial charge on any atom is -0.508 e. The van der Waals surface area contributed by atoms with Gasteiger partial charge in [0.25, 0.3) is 0 Å². The van der Waals surface area contributed by atoms with Crippen molar-refractivity contribution in [2.75, 3.05) is 6.54 Å². The normalized spacial score (nSPS) is 13.3. The topological polar surface area (TPSA) is 235 Å². The van der Waals surface area contributed by atoms with Gasteiger partial charge in [-0.3, -0.25) is 14.6 Å². The van der Waals surface area contributed by atoms with Crippen LogP contribution in [0.15, 0.2) is 41.8 Å². The lowest BCUT2D eigenvalue weighted by molar-refractivity contribution is -0.142. The summed E-state index contributed by atoms with van der Waals surface area (Å²) in [5.74, 6) is -2.58. The van der Waals surface area contributed by atoms with Crippen LogP contribution < -0.4 is 27.8 Å². The fraction of sp³-hybridized carbons (Fsp3) is 0.381. The van der Waals surface area contributed by atoms with Crippen molar-refractivity contribution < 1.29 is 24.6 Å². The first kappa shape index (κ1) is 26.1. The van der Waals surface area contributed by atoms with Crippen LogP contribution in [0.25, 0.3) is 0 Å². The zero-order chi connectivity index (χ0) is 25.1. The Kier molecular flexibility index (Phi) is 9.83. The highest BCUT2D eigenvalue weighted by atomic mass is 16.4. The lowest BCUT2D eigenvalue weighted by atomic mass is 10.0. The molecule has 0 bridgehead atoms. The number of nitrogens with two attached hydrogens (primary N) is 3. The number of H-pyrrole nitrogens is 1. The van der Waals surface area contributed by atoms with Gasteiger partial charge in [0.1, 0.15) is 17.8 Å². The maximum absolute atomic E-state index is 13.0. The van der Waals surface area contributed by atoms with Gasteiger partial charge in [-0.15, -0.1) is 0 Å². The van der Waals surface area contributed by atoms with Crippen molar-refractivity contribution in [3.05, 3.63) is 48.0 Å². The first-order chi connectivity index (χ1) is 16.2. The number of aromatic hydroxyl groups is 1. The third-order valence-electron chi connectivity index (χ3n) is 4.90. The number of rotatable bonds is 13. The summed E-state index contributed by atoms with van der Waals surface area (Å²) in [7, 11) is 0. The Hall–Kier alpha value is -4.13. The van der Waals surface area contributed by atoms with Gasteiger partial charge >= 0.3 is 5.97 Å². The van der Waals surface area contributed by atoms with E-state index in [1.54, 1.807) is 12.1 Å². The van der Waals surface area contributed by atoms with Crippen LogP contribution in [0, 0.1) is 0 Å². The molecule has 1 aromatic heterocycles. The highest BCUT2D eigenvalue weighted by Crippen LogP contribution is 2.12. The summed E-state index contributed by atoms with van der Waals surface area (Å²) >= 11 is 0. The molecule has 3 atom stereocenters. The molecule has 11 N–H and O–H groups in total. The van der Waals surface area contributed by atoms with Gasteiger partial charge in [-0.05, 0) is 30.5 Å². The number of aliphatic imine (C=N–C) groups is 1. The summed E-state index contributed by atoms with van der Waals surface area (Å²) < 4.78 is 0. The average Bonchev–Trinajstić information content (AvgIpc) is 3.29. The Morgan fingerprint density at radius 1 is 1.06 bits per heavy atom. The van der Waals surface area contributed by atoms with E-state index in [1.165, 1.54) is 24.7 Å². The van der Waals surface area contributed by atoms with Gasteiger partial charge in [0.05, 0.1) is 12.4 Å². The number of carboxylic acid groups (broad SMARTS) is 1. The number of aromatic amines is 1. The van der Waals surface area contributed by atoms with Gasteiger partial charge in [-0.2, -0.15) is 0 Å². The molecule has 0 aliphatic rings. The van der Waals surface area contributed by atoms with E-state index in [0.717, 1.165) is 0 Å². The number of carboxylic acids is 1. The van der Waals surface area contributed by atoms with Gasteiger partial charge in [0.2, 0.25) is 11.8 Å². The van der Waals surface area contributed by atoms with Gasteiger partial charge < -0.3 is 43.0 Å². The largest absolute Gasteiger partial charge is 0.508 e. The summed E-state index contributed by atoms with van der Waals surface area (Å²) in [5, 5.41) is 24.0. The maximum Gasteiger partial charge on any atom is 0.326 e. The molecule has 0 aliphatic heterocycles. The van der Waals surface area contributed by atoms with E-state index in [9.17, 15) is 24.6 Å². The molecule has 1 aromatic carbocycles. The molecular formula is C21H30N8O5. The monoisotopic (exact) mass is 474 g/mol. The molecule has 0 saturated heterocycles. The van der Waals surface area contributed by atoms with Crippen LogP contribution in [0.2, 0.25) is 0 Å². The molecule has 2 aromatic rings. The maximum atomic E-state index is 13.0. The number of phenols is 1. The third kappa shape index (κ3) is 8.78. The van der Waals surface area contributed by atoms with Crippen LogP contribution >= 0.6 is 0 Å². The summed E-state index contributed by atoms with van der Waals surface area (Å²) in [6.07, 6.45) is 3.61. The SMILES string of the molecule is NC(N)=NCCC[C@H](NC(=O)[C@H](Cc1ccc(O)cc1)NC(=O)[C@@H](N)Cc1cnc[nH]1)C(=O)O. The number of imidazole rings is 1. The van der Waals surface area contributed by atoms with E-state index in [4.69, 9.17) is 17.2 Å². The van der Waals surface area contributed by atoms with E-state index in [0.29, 0.717) is 17.7 Å². The van der Waals surface area contributed by atoms with E-state index in [1.807, 2.05) is 0 Å². The van der Waals surface area contributed by atoms with Crippen molar-refractivity contribution in [2.24, 2.45) is 22.2 Å². The molecule has 2 rings (SSSR count). The third-order valence-corrected chi connectivity index (χ3v) is 4.90. The number of phenolic OH excluding ortho intramolecular Hbond substituents is 1. The minimum atomic E-state index is -1.23. The number of hydrogen-bond acceptors (Lipinski definition) is 7. The second-order valence-electron chi connectivity index (χ2n) is 7.67. The van der Waals surface area contributed by atoms with Crippen molar-refractivity contribution in [2.45, 2.75) is 43.8 Å². The number of benzene rings is 1. The van der Waals surface area contributed by atoms with Crippen molar-refractivity contribution in [3.63, 3.8) is 0 Å². The van der Waals surface area contributed by atoms with Crippen molar-refractivity contribution in [3.8, 4) is 5.75 Å². The molecule has 13 nitrogen and oxygen atoms in total. The molecule has 1 heterocycles. The number of carbonyl (C=O) groups is 3. The zero-order valence-electron chi connectivity index (χ0n) is 18.5. The molecule has 0 aliphatic carbocycles. The Balaban J connectivity index is 2.10. The minimum absolute atomic E-state index is 0.0436. The molecular weight excluding hydrogens is 444 g/mol. The van der Waals surface area contributed by atoms with Crippen molar-refractivity contribution in [1.29, 1.82) is 0 Å². The van der Waals surface area contributed by atoms with Crippen molar-refractivity contribution in [1.82, 2.24) is 20.6 Å². The Morgan fingerprint density at radius 2 is 1.74 bits per heavy atom. The first-order valence-corrected chi connectivity index (χ1v) is 10.6. The predicted molar refractivity (Wildman–Crippen MR) is 123 cm³/mol. The number of carbonyl (C=O) groups excluding carboxylic acids is 2. The van der Waals surface area contributed by atoms with E-state index in [-0.39, 0.29) is 37.5 Å². The fourth-order valence-corrected chi connectivity index (χ4v) is 3.11. The number of amides is 2. The molecule has 0 radical (unpaired) electrons. The predicted octanol–water partition coefficient (Wildman–Crippen LogP) is -1.66. The molecule has 184 valence electrons. The van der Waals surface area contributed by atoms with Gasteiger partial charge in [-0.25, -0.2) is 9.78 Å². The number of aliphatic carboxylic acids is 1. The van der Waals surface area contributed by atoms with Crippen LogP contribution in [0.3, 0.4) is 0 Å². The standard InChI is InChI=1S/C21H30N8O5/c22-15(9-13-10-25-11-27-13)18(31)29-17(8-12-3-5-14(30)6-4-12)19(32)28-16(20(33)34)2-1-7-26-21(23)24/h3-6,10-11,15-17,30H,1-2,7-9,22H2,(H,25,27)(H,28,32)(H,29,31)(H,33,34)(H4,23,24,26)/t15-,16-,17-/m0/s1. The Bertz CT molecular complexity index is 974. The quantitative estimate of drug-likeness (QED) is 0.0940. The van der Waals surface area contributed by atoms with Crippen LogP contribution in [0.4, 0.5) is 0 Å². The second kappa shape index (κ2) is 12.8. The van der Waals surface area contributed by atoms with E-state index >= 15 is 0 Å². The molecule has 0 saturated carbocycles. The van der Waals surface area contributed by atoms with Crippen LogP contribution in [0.1, 0.15) is 24.1 Å². The summed E-state index contributed by atoms with van der Waals surface area (Å²) in [6, 6.07) is 2.79. The number of aromatic nitrogens is 2. The number of hydrogen-bond donors (Lipinski definition) is 8. The van der Waals surface area contributed by atoms with E-state index in [2.05, 4.69) is 25.6 Å². The molecule has 0 spiro atoms. The summed E-state index contributed by atoms with van der Waals surface area (Å²) in [4.78, 5) is 47.8. The molecule has 0 fully saturated rings. The lowest BCUT2D eigenvalue weighted by Gasteiger charge is -2.23. The highest BCUT2D eigenvalue weighted by molar-refractivity contribution is 5.92. The molecule has 0 unspecified atom stereocenters. The van der Waals surface area contributed by atoms with Gasteiger partial charge in [0.15, 0.2) is 5.96 Å². The smallest absolute Gasteiger partial charge is 0.326 e. The zero-order valence-corrected chi connectivity index (χ0v) is 18.5. The highest BCUT2D eigenvalue weighted by Gasteiger charge is 2.28. The average molecular weight is 475 g/mol. The van der Waals surface area contributed by atoms with Crippen LogP contribution in [-0.4, -0.2) is 68.6 Å². The number of nitrogens with zero attached hydrogens (tertiary/aromatic N) is 2. The first-order valence-electron chi connectivity index (χ1n) is 10.6. The Labute approximate surface area is 195 Å². The summed E-state index contributed by atoms with van der Waals surface area (Å²) in [6.45, 7) is 0.206. The van der Waals surface area contributed by atoms with Crippen LogP contribution in [0.5, 0.6) is 5.75 Å². The number of guanidine groups is 1. The Morgan fingerprint density at radius 3 is 2.32 bits per heavy atom. The molecule has 13 heteroatoms. The fourth-order valence-electron chi connectivity index (χ4n) is 3.11. The van der Waals surface area contributed by atoms with Gasteiger partial charge in [0, 0.05) is 31.3 Å². The van der Waals surface area contributed by atoms with Gasteiger partial charge in [-0.1, -0.05) is 12.1 Å². The van der Waals surface area contributed by atoms with Crippen LogP contribution in [-0.2, 0) is 27.2 Å². The lowest BCUT2D eigenvalue weighted by Crippen LogP contribution is -2.55. The number of nitrogens with one attached hydrogen (secondary N) is 3. The molecule has 2 amide bonds. The summed E-state index contributed by atoms with van der Waals surface area (Å²) in [5.41, 5.74) is 17.8.